The molecule has 0 bridgehead atoms. The number of nitro groups is 1. The van der Waals surface area contributed by atoms with E-state index in [1.165, 1.54) is 6.07 Å². The number of imidazole rings is 1. The van der Waals surface area contributed by atoms with Gasteiger partial charge in [-0.15, -0.1) is 0 Å². The summed E-state index contributed by atoms with van der Waals surface area (Å²) in [7, 11) is -3.20. The van der Waals surface area contributed by atoms with Gasteiger partial charge >= 0.3 is 5.76 Å². The van der Waals surface area contributed by atoms with Gasteiger partial charge in [0, 0.05) is 44.5 Å². The molecular weight excluding hydrogens is 410 g/mol. The minimum Gasteiger partial charge on any atom is -0.385 e. The van der Waals surface area contributed by atoms with Gasteiger partial charge in [-0.3, -0.25) is 10.1 Å². The van der Waals surface area contributed by atoms with E-state index >= 15 is 0 Å². The van der Waals surface area contributed by atoms with Gasteiger partial charge in [0.25, 0.3) is 5.69 Å². The van der Waals surface area contributed by atoms with E-state index in [4.69, 9.17) is 0 Å². The number of rotatable bonds is 6. The lowest BCUT2D eigenvalue weighted by molar-refractivity contribution is -0.384. The first-order valence-corrected chi connectivity index (χ1v) is 10.4. The van der Waals surface area contributed by atoms with Crippen molar-refractivity contribution >= 4 is 21.2 Å². The van der Waals surface area contributed by atoms with Crippen LogP contribution in [0.5, 0.6) is 0 Å². The van der Waals surface area contributed by atoms with Crippen molar-refractivity contribution in [3.63, 3.8) is 0 Å². The largest absolute Gasteiger partial charge is 0.385 e. The Balaban J connectivity index is 1.91. The highest BCUT2D eigenvalue weighted by atomic mass is 32.2. The number of benzene rings is 1. The molecule has 0 spiro atoms. The fourth-order valence-corrected chi connectivity index (χ4v) is 4.30. The highest BCUT2D eigenvalue weighted by Gasteiger charge is 2.34. The second-order valence-electron chi connectivity index (χ2n) is 6.90. The number of halogens is 2. The maximum Gasteiger partial charge on any atom is 0.341 e. The van der Waals surface area contributed by atoms with E-state index < -0.39 is 37.2 Å². The molecule has 2 aromatic rings. The monoisotopic (exact) mass is 430 g/mol. The molecule has 1 N–H and O–H groups in total. The lowest BCUT2D eigenvalue weighted by Gasteiger charge is -2.36. The van der Waals surface area contributed by atoms with Gasteiger partial charge in [-0.25, -0.2) is 13.4 Å². The fraction of sp³-hybridized carbons (Fsp3) is 0.471. The van der Waals surface area contributed by atoms with E-state index in [2.05, 4.69) is 4.98 Å². The van der Waals surface area contributed by atoms with Gasteiger partial charge in [-0.05, 0) is 25.0 Å². The number of anilines is 1. The minimum atomic E-state index is -4.95. The van der Waals surface area contributed by atoms with Crippen LogP contribution in [0.25, 0.3) is 0 Å². The van der Waals surface area contributed by atoms with Crippen LogP contribution in [0.1, 0.15) is 24.8 Å². The van der Waals surface area contributed by atoms with Gasteiger partial charge in [0.1, 0.15) is 17.6 Å². The first kappa shape index (κ1) is 21.1. The Morgan fingerprint density at radius 3 is 2.69 bits per heavy atom. The zero-order valence-electron chi connectivity index (χ0n) is 15.5. The fourth-order valence-electron chi connectivity index (χ4n) is 3.56. The number of hydrogen-bond donors (Lipinski definition) is 1. The summed E-state index contributed by atoms with van der Waals surface area (Å²) in [4.78, 5) is 15.7. The van der Waals surface area contributed by atoms with Crippen LogP contribution >= 0.6 is 0 Å². The maximum absolute atomic E-state index is 12.8. The first-order chi connectivity index (χ1) is 13.6. The molecule has 2 atom stereocenters. The van der Waals surface area contributed by atoms with Crippen molar-refractivity contribution in [1.82, 2.24) is 9.55 Å². The Kier molecular flexibility index (Phi) is 5.85. The van der Waals surface area contributed by atoms with Crippen LogP contribution in [0.3, 0.4) is 0 Å². The number of nitro benzene ring substituents is 1. The predicted octanol–water partition coefficient (Wildman–Crippen LogP) is 2.27. The van der Waals surface area contributed by atoms with E-state index in [0.29, 0.717) is 31.3 Å². The van der Waals surface area contributed by atoms with Gasteiger partial charge in [0.2, 0.25) is 9.84 Å². The van der Waals surface area contributed by atoms with E-state index in [-0.39, 0.29) is 18.2 Å². The number of hydrogen-bond acceptors (Lipinski definition) is 7. The lowest BCUT2D eigenvalue weighted by Crippen LogP contribution is -2.38. The highest BCUT2D eigenvalue weighted by Crippen LogP contribution is 2.37. The summed E-state index contributed by atoms with van der Waals surface area (Å²) in [6, 6.07) is 2.78. The number of sulfone groups is 1. The second-order valence-corrected chi connectivity index (χ2v) is 8.82. The lowest BCUT2D eigenvalue weighted by atomic mass is 9.91. The van der Waals surface area contributed by atoms with Crippen LogP contribution in [0.4, 0.5) is 20.2 Å². The van der Waals surface area contributed by atoms with E-state index in [1.807, 2.05) is 0 Å². The first-order valence-electron chi connectivity index (χ1n) is 8.83. The summed E-state index contributed by atoms with van der Waals surface area (Å²) >= 11 is 0. The molecule has 29 heavy (non-hydrogen) atoms. The van der Waals surface area contributed by atoms with Gasteiger partial charge in [0.05, 0.1) is 9.82 Å². The normalized spacial score (nSPS) is 18.8. The van der Waals surface area contributed by atoms with Crippen LogP contribution in [-0.4, -0.2) is 46.8 Å². The van der Waals surface area contributed by atoms with Crippen LogP contribution in [0, 0.1) is 16.0 Å². The summed E-state index contributed by atoms with van der Waals surface area (Å²) in [5.74, 6) is -3.45. The number of aryl methyl sites for hydroxylation is 1. The summed E-state index contributed by atoms with van der Waals surface area (Å²) in [5, 5.41) is 22.2. The second kappa shape index (κ2) is 8.03. The quantitative estimate of drug-likeness (QED) is 0.552. The maximum atomic E-state index is 12.8. The Bertz CT molecular complexity index is 1010. The molecule has 2 heterocycles. The minimum absolute atomic E-state index is 0.125. The van der Waals surface area contributed by atoms with Crippen molar-refractivity contribution in [2.45, 2.75) is 29.6 Å². The zero-order valence-corrected chi connectivity index (χ0v) is 16.3. The van der Waals surface area contributed by atoms with E-state index in [1.54, 1.807) is 28.9 Å². The molecule has 1 aliphatic heterocycles. The van der Waals surface area contributed by atoms with Crippen molar-refractivity contribution in [1.29, 1.82) is 0 Å². The average Bonchev–Trinajstić information content (AvgIpc) is 3.12. The van der Waals surface area contributed by atoms with Crippen LogP contribution in [0.2, 0.25) is 0 Å². The summed E-state index contributed by atoms with van der Waals surface area (Å²) < 4.78 is 50.6. The molecule has 12 heteroatoms. The van der Waals surface area contributed by atoms with Crippen molar-refractivity contribution in [3.8, 4) is 0 Å². The van der Waals surface area contributed by atoms with Gasteiger partial charge < -0.3 is 14.6 Å². The van der Waals surface area contributed by atoms with Gasteiger partial charge in [0.15, 0.2) is 0 Å². The summed E-state index contributed by atoms with van der Waals surface area (Å²) in [5.41, 5.74) is -0.446. The molecule has 9 nitrogen and oxygen atoms in total. The standard InChI is InChI=1S/C17H20F2N4O5S/c1-21-8-6-20-16(21)15(24)11-3-2-7-22(10-11)13-5-4-12(9-14(13)23(25)26)29(27,28)17(18)19/h4-6,8-9,11,15,17,24H,2-3,7,10H2,1H3. The third kappa shape index (κ3) is 4.08. The average molecular weight is 430 g/mol. The molecule has 1 aromatic carbocycles. The highest BCUT2D eigenvalue weighted by molar-refractivity contribution is 7.91. The molecule has 3 rings (SSSR count). The third-order valence-electron chi connectivity index (χ3n) is 5.07. The molecule has 0 radical (unpaired) electrons. The molecule has 1 saturated heterocycles. The number of alkyl halides is 2. The molecule has 158 valence electrons. The Hall–Kier alpha value is -2.60. The smallest absolute Gasteiger partial charge is 0.341 e. The predicted molar refractivity (Wildman–Crippen MR) is 99.4 cm³/mol. The van der Waals surface area contributed by atoms with Crippen molar-refractivity contribution in [3.05, 3.63) is 46.5 Å². The SMILES string of the molecule is Cn1ccnc1C(O)C1CCCN(c2ccc(S(=O)(=O)C(F)F)cc2[N+](=O)[O-])C1. The van der Waals surface area contributed by atoms with Crippen molar-refractivity contribution < 1.29 is 27.2 Å². The molecule has 0 aliphatic carbocycles. The topological polar surface area (TPSA) is 119 Å². The molecule has 2 unspecified atom stereocenters. The molecular formula is C17H20F2N4O5S. The van der Waals surface area contributed by atoms with Gasteiger partial charge in [-0.1, -0.05) is 0 Å². The van der Waals surface area contributed by atoms with E-state index in [0.717, 1.165) is 6.07 Å². The number of nitrogens with zero attached hydrogens (tertiary/aromatic N) is 4. The number of aliphatic hydroxyl groups excluding tert-OH is 1. The Morgan fingerprint density at radius 2 is 2.10 bits per heavy atom. The molecule has 0 amide bonds. The van der Waals surface area contributed by atoms with Crippen molar-refractivity contribution in [2.24, 2.45) is 13.0 Å². The molecule has 0 saturated carbocycles. The van der Waals surface area contributed by atoms with Crippen molar-refractivity contribution in [2.75, 3.05) is 18.0 Å². The third-order valence-corrected chi connectivity index (χ3v) is 6.45. The van der Waals surface area contributed by atoms with Gasteiger partial charge in [-0.2, -0.15) is 8.78 Å². The molecule has 1 aliphatic rings. The molecule has 1 aromatic heterocycles. The Morgan fingerprint density at radius 1 is 1.38 bits per heavy atom. The zero-order chi connectivity index (χ0) is 21.3. The molecule has 1 fully saturated rings. The summed E-state index contributed by atoms with van der Waals surface area (Å²) in [6.07, 6.45) is 3.70. The summed E-state index contributed by atoms with van der Waals surface area (Å²) in [6.45, 7) is 0.724. The van der Waals surface area contributed by atoms with E-state index in [9.17, 15) is 32.4 Å². The van der Waals surface area contributed by atoms with Crippen LogP contribution in [-0.2, 0) is 16.9 Å². The number of aliphatic hydroxyl groups is 1. The van der Waals surface area contributed by atoms with Crippen LogP contribution < -0.4 is 4.90 Å². The Labute approximate surface area is 165 Å². The number of piperidine rings is 1. The van der Waals surface area contributed by atoms with Crippen LogP contribution in [0.15, 0.2) is 35.5 Å². The number of aromatic nitrogens is 2.